The molecule has 3 nitrogen and oxygen atoms in total. The average molecular weight is 235 g/mol. The molecule has 0 aliphatic carbocycles. The average Bonchev–Trinajstić information content (AvgIpc) is 2.68. The van der Waals surface area contributed by atoms with Gasteiger partial charge >= 0.3 is 0 Å². The van der Waals surface area contributed by atoms with E-state index >= 15 is 0 Å². The predicted molar refractivity (Wildman–Crippen MR) is 65.8 cm³/mol. The highest BCUT2D eigenvalue weighted by Crippen LogP contribution is 2.22. The topological polar surface area (TPSA) is 44.9 Å². The molecular formula is C12H11ClN2O. The molecule has 16 heavy (non-hydrogen) atoms. The van der Waals surface area contributed by atoms with Crippen LogP contribution in [-0.2, 0) is 0 Å². The molecule has 0 spiro atoms. The van der Waals surface area contributed by atoms with Gasteiger partial charge in [-0.15, -0.1) is 6.58 Å². The molecule has 82 valence electrons. The maximum atomic E-state index is 11.8. The predicted octanol–water partition coefficient (Wildman–Crippen LogP) is 2.74. The summed E-state index contributed by atoms with van der Waals surface area (Å²) < 4.78 is 0. The zero-order chi connectivity index (χ0) is 11.5. The lowest BCUT2D eigenvalue weighted by Crippen LogP contribution is -2.22. The number of aromatic nitrogens is 1. The molecule has 0 atom stereocenters. The maximum Gasteiger partial charge on any atom is 0.253 e. The van der Waals surface area contributed by atoms with E-state index in [4.69, 9.17) is 11.6 Å². The van der Waals surface area contributed by atoms with Crippen molar-refractivity contribution >= 4 is 28.4 Å². The number of halogens is 1. The van der Waals surface area contributed by atoms with E-state index in [-0.39, 0.29) is 5.91 Å². The molecule has 1 amide bonds. The van der Waals surface area contributed by atoms with Gasteiger partial charge in [0.05, 0.1) is 5.56 Å². The summed E-state index contributed by atoms with van der Waals surface area (Å²) in [4.78, 5) is 14.8. The number of hydrogen-bond acceptors (Lipinski definition) is 1. The first-order chi connectivity index (χ1) is 7.72. The molecule has 2 N–H and O–H groups in total. The van der Waals surface area contributed by atoms with Gasteiger partial charge in [-0.3, -0.25) is 4.79 Å². The quantitative estimate of drug-likeness (QED) is 0.788. The van der Waals surface area contributed by atoms with E-state index in [1.165, 1.54) is 0 Å². The van der Waals surface area contributed by atoms with Crippen LogP contribution < -0.4 is 5.32 Å². The molecule has 0 saturated heterocycles. The Hall–Kier alpha value is -1.74. The van der Waals surface area contributed by atoms with Crippen molar-refractivity contribution in [3.63, 3.8) is 0 Å². The van der Waals surface area contributed by atoms with Crippen molar-refractivity contribution in [1.82, 2.24) is 10.3 Å². The van der Waals surface area contributed by atoms with E-state index in [1.807, 2.05) is 6.07 Å². The highest BCUT2D eigenvalue weighted by Gasteiger charge is 2.10. The van der Waals surface area contributed by atoms with Crippen molar-refractivity contribution in [2.45, 2.75) is 0 Å². The summed E-state index contributed by atoms with van der Waals surface area (Å²) in [5.74, 6) is -0.131. The van der Waals surface area contributed by atoms with Crippen LogP contribution in [0.25, 0.3) is 10.9 Å². The number of aromatic amines is 1. The third kappa shape index (κ3) is 1.95. The highest BCUT2D eigenvalue weighted by molar-refractivity contribution is 6.31. The molecule has 0 aliphatic rings. The number of carbonyl (C=O) groups is 1. The SMILES string of the molecule is C=CCNC(=O)c1c[nH]c2ccc(Cl)cc12. The summed E-state index contributed by atoms with van der Waals surface area (Å²) in [6.07, 6.45) is 3.32. The summed E-state index contributed by atoms with van der Waals surface area (Å²) in [6.45, 7) is 4.00. The second-order valence-corrected chi connectivity index (χ2v) is 3.83. The number of carbonyl (C=O) groups excluding carboxylic acids is 1. The Bertz CT molecular complexity index is 545. The minimum atomic E-state index is -0.131. The monoisotopic (exact) mass is 234 g/mol. The van der Waals surface area contributed by atoms with Crippen LogP contribution in [0.15, 0.2) is 37.1 Å². The second kappa shape index (κ2) is 4.41. The van der Waals surface area contributed by atoms with Gasteiger partial charge in [0.15, 0.2) is 0 Å². The Morgan fingerprint density at radius 2 is 2.38 bits per heavy atom. The van der Waals surface area contributed by atoms with Crippen LogP contribution in [0, 0.1) is 0 Å². The number of amides is 1. The van der Waals surface area contributed by atoms with Crippen molar-refractivity contribution < 1.29 is 4.79 Å². The van der Waals surface area contributed by atoms with Gasteiger partial charge in [-0.1, -0.05) is 17.7 Å². The van der Waals surface area contributed by atoms with Crippen LogP contribution in [0.3, 0.4) is 0 Å². The van der Waals surface area contributed by atoms with Crippen LogP contribution in [-0.4, -0.2) is 17.4 Å². The number of rotatable bonds is 3. The van der Waals surface area contributed by atoms with Crippen LogP contribution in [0.4, 0.5) is 0 Å². The van der Waals surface area contributed by atoms with Gasteiger partial charge in [-0.2, -0.15) is 0 Å². The largest absolute Gasteiger partial charge is 0.360 e. The number of benzene rings is 1. The molecule has 1 aromatic heterocycles. The summed E-state index contributed by atoms with van der Waals surface area (Å²) in [6, 6.07) is 5.41. The van der Waals surface area contributed by atoms with Gasteiger partial charge in [-0.25, -0.2) is 0 Å². The number of fused-ring (bicyclic) bond motifs is 1. The maximum absolute atomic E-state index is 11.8. The van der Waals surface area contributed by atoms with E-state index < -0.39 is 0 Å². The van der Waals surface area contributed by atoms with Gasteiger partial charge in [-0.05, 0) is 18.2 Å². The molecule has 0 saturated carbocycles. The lowest BCUT2D eigenvalue weighted by molar-refractivity contribution is 0.0959. The summed E-state index contributed by atoms with van der Waals surface area (Å²) in [5, 5.41) is 4.17. The van der Waals surface area contributed by atoms with E-state index in [0.717, 1.165) is 10.9 Å². The van der Waals surface area contributed by atoms with Crippen LogP contribution in [0.2, 0.25) is 5.02 Å². The van der Waals surface area contributed by atoms with Crippen LogP contribution >= 0.6 is 11.6 Å². The van der Waals surface area contributed by atoms with Crippen LogP contribution in [0.5, 0.6) is 0 Å². The molecule has 2 aromatic rings. The van der Waals surface area contributed by atoms with Crippen molar-refractivity contribution in [2.24, 2.45) is 0 Å². The zero-order valence-corrected chi connectivity index (χ0v) is 9.34. The fraction of sp³-hybridized carbons (Fsp3) is 0.0833. The van der Waals surface area contributed by atoms with Crippen LogP contribution in [0.1, 0.15) is 10.4 Å². The molecule has 1 aromatic carbocycles. The Balaban J connectivity index is 2.40. The molecule has 0 unspecified atom stereocenters. The minimum absolute atomic E-state index is 0.131. The normalized spacial score (nSPS) is 10.3. The molecule has 0 aliphatic heterocycles. The molecular weight excluding hydrogens is 224 g/mol. The fourth-order valence-corrected chi connectivity index (χ4v) is 1.71. The van der Waals surface area contributed by atoms with Gasteiger partial charge in [0.25, 0.3) is 5.91 Å². The van der Waals surface area contributed by atoms with Crippen molar-refractivity contribution in [2.75, 3.05) is 6.54 Å². The molecule has 1 heterocycles. The van der Waals surface area contributed by atoms with Gasteiger partial charge in [0.1, 0.15) is 0 Å². The Morgan fingerprint density at radius 1 is 1.56 bits per heavy atom. The van der Waals surface area contributed by atoms with Gasteiger partial charge in [0, 0.05) is 28.7 Å². The first-order valence-electron chi connectivity index (χ1n) is 4.88. The third-order valence-corrected chi connectivity index (χ3v) is 2.53. The Kier molecular flexibility index (Phi) is 2.97. The number of nitrogens with one attached hydrogen (secondary N) is 2. The van der Waals surface area contributed by atoms with Crippen molar-refractivity contribution in [3.8, 4) is 0 Å². The summed E-state index contributed by atoms with van der Waals surface area (Å²) in [7, 11) is 0. The summed E-state index contributed by atoms with van der Waals surface area (Å²) in [5.41, 5.74) is 1.49. The lowest BCUT2D eigenvalue weighted by Gasteiger charge is -2.00. The second-order valence-electron chi connectivity index (χ2n) is 3.39. The molecule has 0 fully saturated rings. The van der Waals surface area contributed by atoms with Crippen molar-refractivity contribution in [1.29, 1.82) is 0 Å². The molecule has 0 bridgehead atoms. The van der Waals surface area contributed by atoms with Gasteiger partial charge in [0.2, 0.25) is 0 Å². The van der Waals surface area contributed by atoms with E-state index in [1.54, 1.807) is 24.4 Å². The minimum Gasteiger partial charge on any atom is -0.360 e. The van der Waals surface area contributed by atoms with E-state index in [9.17, 15) is 4.79 Å². The molecule has 2 rings (SSSR count). The lowest BCUT2D eigenvalue weighted by atomic mass is 10.1. The van der Waals surface area contributed by atoms with E-state index in [2.05, 4.69) is 16.9 Å². The first-order valence-corrected chi connectivity index (χ1v) is 5.26. The number of H-pyrrole nitrogens is 1. The first kappa shape index (κ1) is 10.8. The summed E-state index contributed by atoms with van der Waals surface area (Å²) >= 11 is 5.89. The smallest absolute Gasteiger partial charge is 0.253 e. The Labute approximate surface area is 98.1 Å². The molecule has 4 heteroatoms. The standard InChI is InChI=1S/C12H11ClN2O/c1-2-5-14-12(16)10-7-15-11-4-3-8(13)6-9(10)11/h2-4,6-7,15H,1,5H2,(H,14,16). The van der Waals surface area contributed by atoms with E-state index in [0.29, 0.717) is 17.1 Å². The van der Waals surface area contributed by atoms with Gasteiger partial charge < -0.3 is 10.3 Å². The Morgan fingerprint density at radius 3 is 3.12 bits per heavy atom. The highest BCUT2D eigenvalue weighted by atomic mass is 35.5. The fourth-order valence-electron chi connectivity index (χ4n) is 1.54. The van der Waals surface area contributed by atoms with Crippen molar-refractivity contribution in [3.05, 3.63) is 47.6 Å². The molecule has 0 radical (unpaired) electrons. The third-order valence-electron chi connectivity index (χ3n) is 2.30. The number of hydrogen-bond donors (Lipinski definition) is 2. The zero-order valence-electron chi connectivity index (χ0n) is 8.59.